The van der Waals surface area contributed by atoms with Crippen LogP contribution < -0.4 is 0 Å². The maximum absolute atomic E-state index is 11.7. The zero-order valence-corrected chi connectivity index (χ0v) is 19.3. The van der Waals surface area contributed by atoms with Gasteiger partial charge in [-0.15, -0.1) is 46.4 Å². The van der Waals surface area contributed by atoms with E-state index in [9.17, 15) is 20.2 Å². The Hall–Kier alpha value is -2.38. The Bertz CT molecular complexity index is 1030. The van der Waals surface area contributed by atoms with Crippen LogP contribution in [0.1, 0.15) is 43.8 Å². The monoisotopic (exact) mass is 512 g/mol. The maximum Gasteiger partial charge on any atom is 0.281 e. The van der Waals surface area contributed by atoms with E-state index < -0.39 is 42.7 Å². The quantitative estimate of drug-likeness (QED) is 0.173. The average Bonchev–Trinajstić information content (AvgIpc) is 2.82. The van der Waals surface area contributed by atoms with Gasteiger partial charge in [0.25, 0.3) is 11.4 Å². The molecule has 166 valence electrons. The predicted molar refractivity (Wildman–Crippen MR) is 127 cm³/mol. The number of benzene rings is 3. The first kappa shape index (κ1) is 24.3. The second-order valence-electron chi connectivity index (χ2n) is 6.91. The number of halogens is 4. The third kappa shape index (κ3) is 5.15. The van der Waals surface area contributed by atoms with Gasteiger partial charge in [-0.25, -0.2) is 0 Å². The molecule has 0 aliphatic carbocycles. The van der Waals surface area contributed by atoms with Crippen LogP contribution in [-0.4, -0.2) is 9.85 Å². The summed E-state index contributed by atoms with van der Waals surface area (Å²) in [6, 6.07) is 19.7. The van der Waals surface area contributed by atoms with Crippen molar-refractivity contribution in [1.82, 2.24) is 0 Å². The van der Waals surface area contributed by atoms with Gasteiger partial charge < -0.3 is 0 Å². The van der Waals surface area contributed by atoms with Crippen molar-refractivity contribution in [3.05, 3.63) is 115 Å². The molecule has 10 heteroatoms. The molecule has 0 radical (unpaired) electrons. The van der Waals surface area contributed by atoms with E-state index in [1.807, 2.05) is 0 Å². The molecule has 32 heavy (non-hydrogen) atoms. The lowest BCUT2D eigenvalue weighted by molar-refractivity contribution is -0.395. The Kier molecular flexibility index (Phi) is 7.96. The number of alkyl halides is 4. The number of hydrogen-bond donors (Lipinski definition) is 0. The minimum atomic E-state index is -1.06. The highest BCUT2D eigenvalue weighted by Crippen LogP contribution is 2.49. The molecule has 0 saturated heterocycles. The van der Waals surface area contributed by atoms with E-state index in [-0.39, 0.29) is 11.1 Å². The summed E-state index contributed by atoms with van der Waals surface area (Å²) >= 11 is 26.2. The standard InChI is InChI=1S/C22H16Cl4N2O4/c23-19(13-7-3-1-4-8-13)21(25)15-11-16(18(28(31)32)12-17(15)27(29)30)22(26)20(24)14-9-5-2-6-10-14/h1-12,19-22H/t19-,20-,21+,22+/m1/s1. The number of nitro benzene ring substituents is 2. The Labute approximate surface area is 204 Å². The minimum Gasteiger partial charge on any atom is -0.258 e. The molecule has 0 amide bonds. The van der Waals surface area contributed by atoms with Crippen molar-refractivity contribution in [3.8, 4) is 0 Å². The van der Waals surface area contributed by atoms with Crippen molar-refractivity contribution in [3.63, 3.8) is 0 Å². The number of hydrogen-bond acceptors (Lipinski definition) is 4. The fourth-order valence-electron chi connectivity index (χ4n) is 3.30. The van der Waals surface area contributed by atoms with Crippen LogP contribution in [0, 0.1) is 20.2 Å². The molecule has 0 fully saturated rings. The van der Waals surface area contributed by atoms with Gasteiger partial charge in [-0.2, -0.15) is 0 Å². The molecular weight excluding hydrogens is 498 g/mol. The first-order chi connectivity index (χ1) is 15.2. The van der Waals surface area contributed by atoms with E-state index in [1.54, 1.807) is 60.7 Å². The second kappa shape index (κ2) is 10.5. The predicted octanol–water partition coefficient (Wildman–Crippen LogP) is 8.02. The van der Waals surface area contributed by atoms with Gasteiger partial charge >= 0.3 is 0 Å². The van der Waals surface area contributed by atoms with Gasteiger partial charge in [0.05, 0.1) is 48.5 Å². The van der Waals surface area contributed by atoms with Crippen LogP contribution in [0.3, 0.4) is 0 Å². The zero-order chi connectivity index (χ0) is 23.4. The van der Waals surface area contributed by atoms with E-state index in [4.69, 9.17) is 46.4 Å². The lowest BCUT2D eigenvalue weighted by Gasteiger charge is -2.21. The molecule has 0 unspecified atom stereocenters. The van der Waals surface area contributed by atoms with Crippen molar-refractivity contribution in [1.29, 1.82) is 0 Å². The molecule has 6 nitrogen and oxygen atoms in total. The zero-order valence-electron chi connectivity index (χ0n) is 16.3. The van der Waals surface area contributed by atoms with Crippen LogP contribution in [0.5, 0.6) is 0 Å². The Morgan fingerprint density at radius 1 is 0.562 bits per heavy atom. The van der Waals surface area contributed by atoms with Crippen LogP contribution in [-0.2, 0) is 0 Å². The number of rotatable bonds is 8. The van der Waals surface area contributed by atoms with Crippen molar-refractivity contribution in [2.24, 2.45) is 0 Å². The highest BCUT2D eigenvalue weighted by atomic mass is 35.5. The molecule has 0 N–H and O–H groups in total. The third-order valence-corrected chi connectivity index (χ3v) is 7.15. The fraction of sp³-hybridized carbons (Fsp3) is 0.182. The van der Waals surface area contributed by atoms with Crippen LogP contribution in [0.25, 0.3) is 0 Å². The minimum absolute atomic E-state index is 0.0173. The number of nitro groups is 2. The van der Waals surface area contributed by atoms with Crippen molar-refractivity contribution >= 4 is 57.8 Å². The molecular formula is C22H16Cl4N2O4. The summed E-state index contributed by atoms with van der Waals surface area (Å²) < 4.78 is 0. The lowest BCUT2D eigenvalue weighted by Crippen LogP contribution is -2.09. The molecule has 3 rings (SSSR count). The van der Waals surface area contributed by atoms with Crippen LogP contribution in [0.2, 0.25) is 0 Å². The van der Waals surface area contributed by atoms with E-state index in [1.165, 1.54) is 6.07 Å². The van der Waals surface area contributed by atoms with Gasteiger partial charge in [0, 0.05) is 0 Å². The molecule has 0 saturated carbocycles. The Morgan fingerprint density at radius 3 is 1.22 bits per heavy atom. The summed E-state index contributed by atoms with van der Waals surface area (Å²) in [5.74, 6) is 0. The van der Waals surface area contributed by atoms with Crippen LogP contribution in [0.4, 0.5) is 11.4 Å². The highest BCUT2D eigenvalue weighted by molar-refractivity contribution is 6.31. The van der Waals surface area contributed by atoms with Gasteiger partial charge in [0.15, 0.2) is 0 Å². The van der Waals surface area contributed by atoms with Crippen molar-refractivity contribution in [2.75, 3.05) is 0 Å². The normalized spacial score (nSPS) is 14.9. The van der Waals surface area contributed by atoms with E-state index in [0.29, 0.717) is 11.1 Å². The van der Waals surface area contributed by atoms with Crippen molar-refractivity contribution < 1.29 is 9.85 Å². The third-order valence-electron chi connectivity index (χ3n) is 4.91. The van der Waals surface area contributed by atoms with Crippen molar-refractivity contribution in [2.45, 2.75) is 21.5 Å². The summed E-state index contributed by atoms with van der Waals surface area (Å²) in [5, 5.41) is 19.6. The Morgan fingerprint density at radius 2 is 0.906 bits per heavy atom. The molecule has 0 aliphatic heterocycles. The first-order valence-corrected chi connectivity index (χ1v) is 11.1. The molecule has 4 atom stereocenters. The molecule has 0 bridgehead atoms. The largest absolute Gasteiger partial charge is 0.281 e. The van der Waals surface area contributed by atoms with Crippen LogP contribution >= 0.6 is 46.4 Å². The summed E-state index contributed by atoms with van der Waals surface area (Å²) in [4.78, 5) is 22.0. The summed E-state index contributed by atoms with van der Waals surface area (Å²) in [6.45, 7) is 0. The first-order valence-electron chi connectivity index (χ1n) is 9.35. The lowest BCUT2D eigenvalue weighted by atomic mass is 9.95. The van der Waals surface area contributed by atoms with Gasteiger partial charge in [0.1, 0.15) is 0 Å². The topological polar surface area (TPSA) is 86.3 Å². The van der Waals surface area contributed by atoms with E-state index in [0.717, 1.165) is 6.07 Å². The highest BCUT2D eigenvalue weighted by Gasteiger charge is 2.35. The SMILES string of the molecule is O=[N+]([O-])c1cc([N+](=O)[O-])c([C@H](Cl)[C@H](Cl)c2ccccc2)cc1[C@H](Cl)[C@H](Cl)c1ccccc1. The molecule has 0 heterocycles. The van der Waals surface area contributed by atoms with E-state index >= 15 is 0 Å². The average molecular weight is 514 g/mol. The second-order valence-corrected chi connectivity index (χ2v) is 8.79. The molecule has 0 aromatic heterocycles. The molecule has 0 aliphatic rings. The smallest absolute Gasteiger partial charge is 0.258 e. The fourth-order valence-corrected chi connectivity index (χ4v) is 4.50. The van der Waals surface area contributed by atoms with Gasteiger partial charge in [0.2, 0.25) is 0 Å². The van der Waals surface area contributed by atoms with Gasteiger partial charge in [-0.3, -0.25) is 20.2 Å². The summed E-state index contributed by atoms with van der Waals surface area (Å²) in [5.41, 5.74) is 0.288. The summed E-state index contributed by atoms with van der Waals surface area (Å²) in [6.07, 6.45) is 0. The van der Waals surface area contributed by atoms with Gasteiger partial charge in [-0.1, -0.05) is 60.7 Å². The van der Waals surface area contributed by atoms with Crippen LogP contribution in [0.15, 0.2) is 72.8 Å². The molecule has 3 aromatic carbocycles. The number of nitrogens with zero attached hydrogens (tertiary/aromatic N) is 2. The molecule has 0 spiro atoms. The maximum atomic E-state index is 11.7. The Balaban J connectivity index is 2.13. The summed E-state index contributed by atoms with van der Waals surface area (Å²) in [7, 11) is 0. The molecule has 3 aromatic rings. The van der Waals surface area contributed by atoms with Gasteiger partial charge in [-0.05, 0) is 17.2 Å². The van der Waals surface area contributed by atoms with E-state index in [2.05, 4.69) is 0 Å².